The fraction of sp³-hybridized carbons (Fsp3) is 0.412. The molecule has 0 spiro atoms. The first kappa shape index (κ1) is 26.7. The van der Waals surface area contributed by atoms with Gasteiger partial charge in [-0.05, 0) is 49.4 Å². The van der Waals surface area contributed by atoms with E-state index in [1.165, 1.54) is 6.92 Å². The molecule has 0 unspecified atom stereocenters. The number of thioether (sulfide) groups is 1. The summed E-state index contributed by atoms with van der Waals surface area (Å²) in [6, 6.07) is 2.11. The first-order valence-corrected chi connectivity index (χ1v) is 9.32. The second-order valence-corrected chi connectivity index (χ2v) is 7.78. The van der Waals surface area contributed by atoms with E-state index in [0.29, 0.717) is 10.7 Å². The van der Waals surface area contributed by atoms with Crippen LogP contribution in [-0.2, 0) is 0 Å². The number of rotatable bonds is 6. The van der Waals surface area contributed by atoms with Crippen LogP contribution in [-0.4, -0.2) is 45.8 Å². The predicted molar refractivity (Wildman–Crippen MR) is 93.2 cm³/mol. The maximum absolute atomic E-state index is 14.4. The van der Waals surface area contributed by atoms with E-state index >= 15 is 0 Å². The van der Waals surface area contributed by atoms with Crippen molar-refractivity contribution in [3.8, 4) is 5.69 Å². The molecule has 33 heavy (non-hydrogen) atoms. The van der Waals surface area contributed by atoms with Gasteiger partial charge in [-0.2, -0.15) is 49.0 Å². The Morgan fingerprint density at radius 1 is 1.00 bits per heavy atom. The van der Waals surface area contributed by atoms with Crippen LogP contribution < -0.4 is 5.32 Å². The minimum Gasteiger partial charge on any atom is -0.343 e. The van der Waals surface area contributed by atoms with Gasteiger partial charge in [0.15, 0.2) is 0 Å². The van der Waals surface area contributed by atoms with Crippen molar-refractivity contribution in [1.29, 1.82) is 0 Å². The highest BCUT2D eigenvalue weighted by atomic mass is 32.2. The predicted octanol–water partition coefficient (Wildman–Crippen LogP) is 5.80. The largest absolute Gasteiger partial charge is 0.460 e. The van der Waals surface area contributed by atoms with Gasteiger partial charge in [0, 0.05) is 11.3 Å². The van der Waals surface area contributed by atoms with Crippen LogP contribution in [0, 0.1) is 19.7 Å². The summed E-state index contributed by atoms with van der Waals surface area (Å²) in [6.45, 7) is 0.591. The lowest BCUT2D eigenvalue weighted by Crippen LogP contribution is -2.49. The molecule has 0 fully saturated rings. The number of hydrogen-bond donors (Lipinski definition) is 1. The lowest BCUT2D eigenvalue weighted by Gasteiger charge is -2.26. The summed E-state index contributed by atoms with van der Waals surface area (Å²) in [7, 11) is 0. The third kappa shape index (κ3) is 5.70. The lowest BCUT2D eigenvalue weighted by molar-refractivity contribution is -0.330. The molecule has 2 aromatic rings. The zero-order chi connectivity index (χ0) is 25.6. The number of aryl methyl sites for hydroxylation is 2. The second-order valence-electron chi connectivity index (χ2n) is 6.64. The molecule has 1 N–H and O–H groups in total. The molecule has 0 saturated carbocycles. The number of carbonyl (C=O) groups is 1. The highest BCUT2D eigenvalue weighted by Gasteiger charge is 2.73. The van der Waals surface area contributed by atoms with Crippen LogP contribution in [0.2, 0.25) is 0 Å². The van der Waals surface area contributed by atoms with Crippen LogP contribution in [0.25, 0.3) is 5.69 Å². The summed E-state index contributed by atoms with van der Waals surface area (Å²) in [6.07, 6.45) is -11.3. The molecule has 0 saturated heterocycles. The van der Waals surface area contributed by atoms with Crippen molar-refractivity contribution in [2.75, 3.05) is 6.54 Å². The fourth-order valence-corrected chi connectivity index (χ4v) is 3.30. The van der Waals surface area contributed by atoms with E-state index < -0.39 is 69.8 Å². The van der Waals surface area contributed by atoms with Crippen molar-refractivity contribution in [3.63, 3.8) is 0 Å². The number of nitrogens with one attached hydrogen (secondary N) is 1. The van der Waals surface area contributed by atoms with Crippen LogP contribution in [0.5, 0.6) is 0 Å². The van der Waals surface area contributed by atoms with E-state index in [1.54, 1.807) is 5.32 Å². The maximum atomic E-state index is 14.4. The topological polar surface area (TPSA) is 46.9 Å². The zero-order valence-electron chi connectivity index (χ0n) is 16.3. The van der Waals surface area contributed by atoms with Crippen LogP contribution in [0.1, 0.15) is 21.6 Å². The lowest BCUT2D eigenvalue weighted by atomic mass is 10.1. The number of aromatic nitrogens is 2. The summed E-state index contributed by atoms with van der Waals surface area (Å²) >= 11 is -1.22. The molecule has 1 amide bonds. The number of nitrogens with zero attached hydrogens (tertiary/aromatic N) is 2. The Balaban J connectivity index is 2.42. The number of hydrogen-bond acceptors (Lipinski definition) is 3. The van der Waals surface area contributed by atoms with E-state index in [9.17, 15) is 53.1 Å². The Morgan fingerprint density at radius 3 is 2.09 bits per heavy atom. The van der Waals surface area contributed by atoms with Gasteiger partial charge in [0.05, 0.1) is 0 Å². The Hall–Kier alpha value is -2.52. The van der Waals surface area contributed by atoms with Crippen molar-refractivity contribution in [3.05, 3.63) is 40.8 Å². The van der Waals surface area contributed by atoms with Gasteiger partial charge in [0.2, 0.25) is 0 Å². The second kappa shape index (κ2) is 8.68. The molecule has 0 radical (unpaired) electrons. The molecule has 2 rings (SSSR count). The number of alkyl halides is 10. The number of carbonyl (C=O) groups excluding carboxylic acids is 1. The Bertz CT molecular complexity index is 1040. The van der Waals surface area contributed by atoms with E-state index in [1.807, 2.05) is 0 Å². The molecule has 0 aliphatic carbocycles. The molecular weight excluding hydrogens is 503 g/mol. The smallest absolute Gasteiger partial charge is 0.343 e. The molecule has 0 aliphatic rings. The van der Waals surface area contributed by atoms with Crippen molar-refractivity contribution in [2.24, 2.45) is 0 Å². The van der Waals surface area contributed by atoms with Gasteiger partial charge in [-0.1, -0.05) is 0 Å². The summed E-state index contributed by atoms with van der Waals surface area (Å²) in [5, 5.41) is -1.78. The molecular formula is C17H12F11N3OS. The van der Waals surface area contributed by atoms with Gasteiger partial charge in [-0.15, -0.1) is 0 Å². The fourth-order valence-electron chi connectivity index (χ4n) is 2.44. The highest BCUT2D eigenvalue weighted by molar-refractivity contribution is 8.00. The maximum Gasteiger partial charge on any atom is 0.460 e. The number of halogens is 11. The van der Waals surface area contributed by atoms with Gasteiger partial charge < -0.3 is 5.32 Å². The Kier molecular flexibility index (Phi) is 7.03. The van der Waals surface area contributed by atoms with Crippen LogP contribution >= 0.6 is 11.8 Å². The molecule has 0 atom stereocenters. The average Bonchev–Trinajstić information content (AvgIpc) is 2.97. The van der Waals surface area contributed by atoms with E-state index in [-0.39, 0.29) is 11.3 Å². The quantitative estimate of drug-likeness (QED) is 0.391. The minimum absolute atomic E-state index is 0.105. The molecule has 4 nitrogen and oxygen atoms in total. The third-order valence-corrected chi connectivity index (χ3v) is 4.96. The zero-order valence-corrected chi connectivity index (χ0v) is 17.1. The Morgan fingerprint density at radius 2 is 1.58 bits per heavy atom. The van der Waals surface area contributed by atoms with E-state index in [0.717, 1.165) is 19.1 Å². The summed E-state index contributed by atoms with van der Waals surface area (Å²) in [4.78, 5) is 12.0. The first-order valence-electron chi connectivity index (χ1n) is 8.50. The summed E-state index contributed by atoms with van der Waals surface area (Å²) in [5.74, 6) is -8.81. The van der Waals surface area contributed by atoms with Gasteiger partial charge >= 0.3 is 23.5 Å². The van der Waals surface area contributed by atoms with Crippen LogP contribution in [0.3, 0.4) is 0 Å². The first-order chi connectivity index (χ1) is 14.8. The molecule has 1 aromatic carbocycles. The van der Waals surface area contributed by atoms with Gasteiger partial charge in [0.1, 0.15) is 23.1 Å². The molecule has 184 valence electrons. The standard InChI is InChI=1S/C17H12F11N3OS/c1-7-3-10(18)11(5-9(7)13(32)29-6-14(19,20)21)31-8(2)4-12(30-31)33-17(27,28)15(22,23)16(24,25)26/h3-5H,6H2,1-2H3,(H,29,32). The molecule has 1 heterocycles. The van der Waals surface area contributed by atoms with Crippen molar-refractivity contribution in [1.82, 2.24) is 15.1 Å². The van der Waals surface area contributed by atoms with Crippen LogP contribution in [0.15, 0.2) is 23.2 Å². The molecule has 1 aromatic heterocycles. The average molecular weight is 515 g/mol. The highest BCUT2D eigenvalue weighted by Crippen LogP contribution is 2.53. The van der Waals surface area contributed by atoms with E-state index in [2.05, 4.69) is 5.10 Å². The Labute approximate surface area is 182 Å². The third-order valence-electron chi connectivity index (χ3n) is 4.04. The van der Waals surface area contributed by atoms with Gasteiger partial charge in [0.25, 0.3) is 5.91 Å². The minimum atomic E-state index is -6.57. The van der Waals surface area contributed by atoms with Crippen molar-refractivity contribution >= 4 is 17.7 Å². The molecule has 0 bridgehead atoms. The monoisotopic (exact) mass is 515 g/mol. The molecule has 16 heteroatoms. The van der Waals surface area contributed by atoms with Gasteiger partial charge in [-0.25, -0.2) is 9.07 Å². The number of amides is 1. The summed E-state index contributed by atoms with van der Waals surface area (Å²) < 4.78 is 142. The van der Waals surface area contributed by atoms with E-state index in [4.69, 9.17) is 0 Å². The number of benzene rings is 1. The normalized spacial score (nSPS) is 13.4. The molecule has 0 aliphatic heterocycles. The van der Waals surface area contributed by atoms with Gasteiger partial charge in [-0.3, -0.25) is 4.79 Å². The van der Waals surface area contributed by atoms with Crippen molar-refractivity contribution in [2.45, 2.75) is 42.4 Å². The van der Waals surface area contributed by atoms with Crippen molar-refractivity contribution < 1.29 is 53.1 Å². The van der Waals surface area contributed by atoms with Crippen LogP contribution in [0.4, 0.5) is 48.3 Å². The summed E-state index contributed by atoms with van der Waals surface area (Å²) in [5.41, 5.74) is -1.42. The SMILES string of the molecule is Cc1cc(F)c(-n2nc(SC(F)(F)C(F)(F)C(F)(F)F)cc2C)cc1C(=O)NCC(F)(F)F.